The van der Waals surface area contributed by atoms with E-state index in [-0.39, 0.29) is 5.91 Å². The van der Waals surface area contributed by atoms with Crippen LogP contribution in [0.3, 0.4) is 0 Å². The molecule has 3 nitrogen and oxygen atoms in total. The number of hydrogen-bond acceptors (Lipinski definition) is 1. The normalized spacial score (nSPS) is 15.7. The molecule has 1 heterocycles. The van der Waals surface area contributed by atoms with Crippen molar-refractivity contribution in [2.45, 2.75) is 71.4 Å². The van der Waals surface area contributed by atoms with Crippen LogP contribution >= 0.6 is 0 Å². The molecule has 1 fully saturated rings. The van der Waals surface area contributed by atoms with Crippen LogP contribution in [0, 0.1) is 6.92 Å². The SMILES string of the molecule is C=CCn1c(C(=O)NC2CCCCC2)c(C)c2cc(C(C)C)ccc21. The quantitative estimate of drug-likeness (QED) is 0.735. The summed E-state index contributed by atoms with van der Waals surface area (Å²) < 4.78 is 2.11. The van der Waals surface area contributed by atoms with Crippen molar-refractivity contribution in [2.24, 2.45) is 0 Å². The number of nitrogens with zero attached hydrogens (tertiary/aromatic N) is 1. The predicted molar refractivity (Wildman–Crippen MR) is 105 cm³/mol. The van der Waals surface area contributed by atoms with Gasteiger partial charge in [0.05, 0.1) is 0 Å². The van der Waals surface area contributed by atoms with Gasteiger partial charge in [0, 0.05) is 23.5 Å². The molecule has 1 aromatic heterocycles. The van der Waals surface area contributed by atoms with Gasteiger partial charge in [-0.1, -0.05) is 45.3 Å². The van der Waals surface area contributed by atoms with Crippen molar-refractivity contribution < 1.29 is 4.79 Å². The largest absolute Gasteiger partial charge is 0.348 e. The van der Waals surface area contributed by atoms with Crippen LogP contribution in [0.1, 0.15) is 73.5 Å². The Balaban J connectivity index is 2.02. The van der Waals surface area contributed by atoms with Crippen LogP contribution in [0.4, 0.5) is 0 Å². The monoisotopic (exact) mass is 338 g/mol. The van der Waals surface area contributed by atoms with E-state index in [0.717, 1.165) is 29.6 Å². The van der Waals surface area contributed by atoms with Crippen LogP contribution < -0.4 is 5.32 Å². The predicted octanol–water partition coefficient (Wildman–Crippen LogP) is 5.32. The number of rotatable bonds is 5. The van der Waals surface area contributed by atoms with Crippen molar-refractivity contribution in [3.63, 3.8) is 0 Å². The van der Waals surface area contributed by atoms with E-state index in [1.165, 1.54) is 30.2 Å². The first-order valence-electron chi connectivity index (χ1n) is 9.57. The molecule has 0 spiro atoms. The molecule has 0 saturated heterocycles. The van der Waals surface area contributed by atoms with Gasteiger partial charge < -0.3 is 9.88 Å². The smallest absolute Gasteiger partial charge is 0.268 e. The molecule has 3 rings (SSSR count). The zero-order valence-electron chi connectivity index (χ0n) is 15.8. The molecule has 0 atom stereocenters. The third-order valence-electron chi connectivity index (χ3n) is 5.47. The van der Waals surface area contributed by atoms with E-state index in [2.05, 4.69) is 55.4 Å². The Bertz CT molecular complexity index is 779. The number of fused-ring (bicyclic) bond motifs is 1. The lowest BCUT2D eigenvalue weighted by molar-refractivity contribution is 0.0918. The summed E-state index contributed by atoms with van der Waals surface area (Å²) in [4.78, 5) is 13.1. The number of nitrogens with one attached hydrogen (secondary N) is 1. The number of allylic oxidation sites excluding steroid dienone is 1. The summed E-state index contributed by atoms with van der Waals surface area (Å²) >= 11 is 0. The van der Waals surface area contributed by atoms with E-state index in [9.17, 15) is 4.79 Å². The summed E-state index contributed by atoms with van der Waals surface area (Å²) in [6, 6.07) is 6.89. The van der Waals surface area contributed by atoms with Crippen LogP contribution in [0.2, 0.25) is 0 Å². The number of carbonyl (C=O) groups excluding carboxylic acids is 1. The van der Waals surface area contributed by atoms with E-state index in [4.69, 9.17) is 0 Å². The first-order chi connectivity index (χ1) is 12.0. The van der Waals surface area contributed by atoms with Crippen LogP contribution in [0.5, 0.6) is 0 Å². The van der Waals surface area contributed by atoms with Crippen molar-refractivity contribution in [2.75, 3.05) is 0 Å². The molecule has 0 unspecified atom stereocenters. The summed E-state index contributed by atoms with van der Waals surface area (Å²) in [7, 11) is 0. The van der Waals surface area contributed by atoms with E-state index in [1.807, 2.05) is 6.08 Å². The Labute approximate surface area is 151 Å². The second-order valence-corrected chi connectivity index (χ2v) is 7.61. The summed E-state index contributed by atoms with van der Waals surface area (Å²) in [6.45, 7) is 11.0. The van der Waals surface area contributed by atoms with Gasteiger partial charge in [-0.15, -0.1) is 6.58 Å². The lowest BCUT2D eigenvalue weighted by Gasteiger charge is -2.23. The molecule has 134 valence electrons. The lowest BCUT2D eigenvalue weighted by Crippen LogP contribution is -2.37. The fourth-order valence-corrected chi connectivity index (χ4v) is 4.01. The Morgan fingerprint density at radius 3 is 2.68 bits per heavy atom. The minimum absolute atomic E-state index is 0.0635. The van der Waals surface area contributed by atoms with Crippen LogP contribution in [-0.2, 0) is 6.54 Å². The minimum atomic E-state index is 0.0635. The molecule has 25 heavy (non-hydrogen) atoms. The molecule has 2 aromatic rings. The third kappa shape index (κ3) is 3.51. The van der Waals surface area contributed by atoms with E-state index in [0.29, 0.717) is 18.5 Å². The van der Waals surface area contributed by atoms with Crippen LogP contribution in [-0.4, -0.2) is 16.5 Å². The van der Waals surface area contributed by atoms with Crippen molar-refractivity contribution in [3.8, 4) is 0 Å². The maximum absolute atomic E-state index is 13.1. The number of hydrogen-bond donors (Lipinski definition) is 1. The molecule has 1 saturated carbocycles. The van der Waals surface area contributed by atoms with Gasteiger partial charge in [0.25, 0.3) is 5.91 Å². The fourth-order valence-electron chi connectivity index (χ4n) is 4.01. The maximum atomic E-state index is 13.1. The van der Waals surface area contributed by atoms with Crippen molar-refractivity contribution in [3.05, 3.63) is 47.7 Å². The molecule has 3 heteroatoms. The van der Waals surface area contributed by atoms with Gasteiger partial charge in [0.15, 0.2) is 0 Å². The third-order valence-corrected chi connectivity index (χ3v) is 5.47. The number of aromatic nitrogens is 1. The zero-order chi connectivity index (χ0) is 18.0. The van der Waals surface area contributed by atoms with Crippen molar-refractivity contribution in [1.82, 2.24) is 9.88 Å². The Morgan fingerprint density at radius 2 is 2.04 bits per heavy atom. The summed E-state index contributed by atoms with van der Waals surface area (Å²) in [5.41, 5.74) is 4.30. The number of amides is 1. The highest BCUT2D eigenvalue weighted by atomic mass is 16.2. The summed E-state index contributed by atoms with van der Waals surface area (Å²) in [5.74, 6) is 0.541. The number of aryl methyl sites for hydroxylation is 1. The van der Waals surface area contributed by atoms with Gasteiger partial charge in [-0.25, -0.2) is 0 Å². The lowest BCUT2D eigenvalue weighted by atomic mass is 9.95. The van der Waals surface area contributed by atoms with Gasteiger partial charge in [0.2, 0.25) is 0 Å². The highest BCUT2D eigenvalue weighted by molar-refractivity contribution is 6.02. The average molecular weight is 338 g/mol. The second kappa shape index (κ2) is 7.47. The zero-order valence-corrected chi connectivity index (χ0v) is 15.8. The van der Waals surface area contributed by atoms with Crippen LogP contribution in [0.25, 0.3) is 10.9 Å². The topological polar surface area (TPSA) is 34.0 Å². The first-order valence-corrected chi connectivity index (χ1v) is 9.57. The van der Waals surface area contributed by atoms with Gasteiger partial charge in [-0.3, -0.25) is 4.79 Å². The van der Waals surface area contributed by atoms with Crippen LogP contribution in [0.15, 0.2) is 30.9 Å². The number of benzene rings is 1. The van der Waals surface area contributed by atoms with Crippen molar-refractivity contribution in [1.29, 1.82) is 0 Å². The number of carbonyl (C=O) groups is 1. The van der Waals surface area contributed by atoms with Crippen molar-refractivity contribution >= 4 is 16.8 Å². The molecule has 1 N–H and O–H groups in total. The molecule has 0 aliphatic heterocycles. The Kier molecular flexibility index (Phi) is 5.31. The average Bonchev–Trinajstić information content (AvgIpc) is 2.88. The molecule has 1 aliphatic rings. The summed E-state index contributed by atoms with van der Waals surface area (Å²) in [5, 5.41) is 4.46. The van der Waals surface area contributed by atoms with E-state index >= 15 is 0 Å². The molecule has 1 aromatic carbocycles. The molecule has 0 radical (unpaired) electrons. The molecular formula is C22H30N2O. The Hall–Kier alpha value is -2.03. The molecular weight excluding hydrogens is 308 g/mol. The second-order valence-electron chi connectivity index (χ2n) is 7.61. The standard InChI is InChI=1S/C22H30N2O/c1-5-13-24-20-12-11-17(15(2)3)14-19(20)16(4)21(24)22(25)23-18-9-7-6-8-10-18/h5,11-12,14-15,18H,1,6-10,13H2,2-4H3,(H,23,25). The first kappa shape index (κ1) is 17.8. The van der Waals surface area contributed by atoms with Gasteiger partial charge >= 0.3 is 0 Å². The highest BCUT2D eigenvalue weighted by Gasteiger charge is 2.23. The highest BCUT2D eigenvalue weighted by Crippen LogP contribution is 2.29. The molecule has 1 amide bonds. The molecule has 1 aliphatic carbocycles. The Morgan fingerprint density at radius 1 is 1.32 bits per heavy atom. The van der Waals surface area contributed by atoms with E-state index in [1.54, 1.807) is 0 Å². The van der Waals surface area contributed by atoms with Gasteiger partial charge in [-0.2, -0.15) is 0 Å². The van der Waals surface area contributed by atoms with E-state index < -0.39 is 0 Å². The summed E-state index contributed by atoms with van der Waals surface area (Å²) in [6.07, 6.45) is 7.80. The molecule has 0 bridgehead atoms. The van der Waals surface area contributed by atoms with Gasteiger partial charge in [-0.05, 0) is 48.9 Å². The minimum Gasteiger partial charge on any atom is -0.348 e. The fraction of sp³-hybridized carbons (Fsp3) is 0.500. The maximum Gasteiger partial charge on any atom is 0.268 e. The van der Waals surface area contributed by atoms with Gasteiger partial charge in [0.1, 0.15) is 5.69 Å².